The van der Waals surface area contributed by atoms with Gasteiger partial charge in [0.15, 0.2) is 0 Å². The summed E-state index contributed by atoms with van der Waals surface area (Å²) in [6.45, 7) is 7.07. The summed E-state index contributed by atoms with van der Waals surface area (Å²) >= 11 is 1.26. The first-order valence-electron chi connectivity index (χ1n) is 16.5. The van der Waals surface area contributed by atoms with E-state index in [9.17, 15) is 0 Å². The number of rotatable bonds is 19. The molecule has 1 aliphatic carbocycles. The van der Waals surface area contributed by atoms with Crippen molar-refractivity contribution in [3.63, 3.8) is 0 Å². The molecule has 0 spiro atoms. The van der Waals surface area contributed by atoms with Gasteiger partial charge in [-0.3, -0.25) is 0 Å². The summed E-state index contributed by atoms with van der Waals surface area (Å²) in [7, 11) is 13.1. The molecule has 1 aliphatic rings. The van der Waals surface area contributed by atoms with E-state index in [1.165, 1.54) is 34.0 Å². The summed E-state index contributed by atoms with van der Waals surface area (Å²) in [5, 5.41) is 0. The maximum absolute atomic E-state index is 6.23. The molecule has 248 valence electrons. The molecule has 4 aromatic rings. The van der Waals surface area contributed by atoms with E-state index in [2.05, 4.69) is 106 Å². The Morgan fingerprint density at radius 1 is 0.565 bits per heavy atom. The first-order valence-corrected chi connectivity index (χ1v) is 17.2. The second kappa shape index (κ2) is 15.4. The molecule has 0 amide bonds. The molecule has 3 aromatic carbocycles. The fourth-order valence-electron chi connectivity index (χ4n) is 6.14. The van der Waals surface area contributed by atoms with Gasteiger partial charge in [0.05, 0.1) is 93.7 Å². The molecular formula is C37H52N4O4S+2. The minimum atomic E-state index is -0.245. The lowest BCUT2D eigenvalue weighted by Crippen LogP contribution is -2.37. The maximum Gasteiger partial charge on any atom is 0.112 e. The van der Waals surface area contributed by atoms with Gasteiger partial charge in [0.1, 0.15) is 24.1 Å². The predicted octanol–water partition coefficient (Wildman–Crippen LogP) is 5.88. The van der Waals surface area contributed by atoms with Crippen LogP contribution in [0.5, 0.6) is 0 Å². The number of hydrogen-bond acceptors (Lipinski definition) is 7. The van der Waals surface area contributed by atoms with Gasteiger partial charge in [-0.25, -0.2) is 0 Å². The van der Waals surface area contributed by atoms with Crippen molar-refractivity contribution < 1.29 is 27.9 Å². The molecule has 46 heavy (non-hydrogen) atoms. The molecule has 0 aliphatic heterocycles. The Hall–Kier alpha value is -2.76. The van der Waals surface area contributed by atoms with E-state index in [1.807, 2.05) is 6.07 Å². The molecule has 0 fully saturated rings. The van der Waals surface area contributed by atoms with Crippen LogP contribution in [0, 0.1) is 0 Å². The number of ether oxygens (including phenoxy) is 4. The summed E-state index contributed by atoms with van der Waals surface area (Å²) in [5.74, 6) is 0. The summed E-state index contributed by atoms with van der Waals surface area (Å²) in [5.41, 5.74) is 9.18. The first-order chi connectivity index (χ1) is 22.1. The van der Waals surface area contributed by atoms with Crippen molar-refractivity contribution in [2.24, 2.45) is 0 Å². The van der Waals surface area contributed by atoms with Crippen LogP contribution in [0.25, 0.3) is 33.3 Å². The molecule has 0 N–H and O–H groups in total. The Morgan fingerprint density at radius 3 is 1.76 bits per heavy atom. The molecule has 0 saturated heterocycles. The van der Waals surface area contributed by atoms with Crippen LogP contribution in [0.3, 0.4) is 0 Å². The summed E-state index contributed by atoms with van der Waals surface area (Å²) in [4.78, 5) is 0. The third kappa shape index (κ3) is 8.77. The van der Waals surface area contributed by atoms with Gasteiger partial charge in [0.25, 0.3) is 0 Å². The van der Waals surface area contributed by atoms with Gasteiger partial charge in [-0.2, -0.15) is 8.75 Å². The molecule has 0 atom stereocenters. The Bertz CT molecular complexity index is 1530. The predicted molar refractivity (Wildman–Crippen MR) is 187 cm³/mol. The normalized spacial score (nSPS) is 14.1. The highest BCUT2D eigenvalue weighted by Crippen LogP contribution is 2.53. The highest BCUT2D eigenvalue weighted by atomic mass is 32.1. The number of nitrogens with zero attached hydrogens (tertiary/aromatic N) is 4. The SMILES string of the molecule is C[N+](C)(C)CCOCCOCCC1(CCOCCOCC[N+](C)(C)C)c2ccccc2-c2ccc(-c3cccc4nsnc34)cc21. The van der Waals surface area contributed by atoms with Crippen molar-refractivity contribution in [3.8, 4) is 22.3 Å². The number of benzene rings is 3. The number of aromatic nitrogens is 2. The maximum atomic E-state index is 6.23. The number of hydrogen-bond donors (Lipinski definition) is 0. The molecule has 0 unspecified atom stereocenters. The van der Waals surface area contributed by atoms with Gasteiger partial charge in [-0.05, 0) is 52.8 Å². The van der Waals surface area contributed by atoms with E-state index in [4.69, 9.17) is 18.9 Å². The first kappa shape index (κ1) is 34.6. The van der Waals surface area contributed by atoms with Crippen LogP contribution in [0.4, 0.5) is 0 Å². The average Bonchev–Trinajstić information content (AvgIpc) is 3.60. The van der Waals surface area contributed by atoms with Crippen molar-refractivity contribution in [1.82, 2.24) is 8.75 Å². The smallest absolute Gasteiger partial charge is 0.112 e. The third-order valence-corrected chi connectivity index (χ3v) is 9.31. The molecule has 5 rings (SSSR count). The number of likely N-dealkylation sites (N-methyl/N-ethyl adjacent to an activating group) is 2. The van der Waals surface area contributed by atoms with Gasteiger partial charge in [0.2, 0.25) is 0 Å². The van der Waals surface area contributed by atoms with Crippen molar-refractivity contribution in [2.75, 3.05) is 108 Å². The lowest BCUT2D eigenvalue weighted by Gasteiger charge is -2.32. The Labute approximate surface area is 279 Å². The second-order valence-corrected chi connectivity index (χ2v) is 14.8. The van der Waals surface area contributed by atoms with Crippen molar-refractivity contribution >= 4 is 22.8 Å². The minimum absolute atomic E-state index is 0.245. The average molecular weight is 649 g/mol. The van der Waals surface area contributed by atoms with Crippen molar-refractivity contribution in [2.45, 2.75) is 18.3 Å². The van der Waals surface area contributed by atoms with Crippen LogP contribution in [0.2, 0.25) is 0 Å². The van der Waals surface area contributed by atoms with Gasteiger partial charge in [-0.15, -0.1) is 0 Å². The Kier molecular flexibility index (Phi) is 11.6. The Morgan fingerprint density at radius 2 is 1.13 bits per heavy atom. The summed E-state index contributed by atoms with van der Waals surface area (Å²) in [6.07, 6.45) is 1.70. The largest absolute Gasteiger partial charge is 0.379 e. The number of fused-ring (bicyclic) bond motifs is 4. The third-order valence-electron chi connectivity index (χ3n) is 8.77. The fourth-order valence-corrected chi connectivity index (χ4v) is 6.69. The lowest BCUT2D eigenvalue weighted by atomic mass is 9.72. The molecule has 8 nitrogen and oxygen atoms in total. The minimum Gasteiger partial charge on any atom is -0.379 e. The van der Waals surface area contributed by atoms with E-state index in [-0.39, 0.29) is 5.41 Å². The van der Waals surface area contributed by atoms with Crippen LogP contribution in [-0.2, 0) is 24.4 Å². The van der Waals surface area contributed by atoms with E-state index in [1.54, 1.807) is 0 Å². The summed E-state index contributed by atoms with van der Waals surface area (Å²) in [6, 6.07) is 22.0. The molecule has 0 saturated carbocycles. The zero-order chi connectivity index (χ0) is 32.6. The quantitative estimate of drug-likeness (QED) is 0.0935. The fraction of sp³-hybridized carbons (Fsp3) is 0.514. The molecule has 0 radical (unpaired) electrons. The van der Waals surface area contributed by atoms with Gasteiger partial charge in [0, 0.05) is 24.2 Å². The topological polar surface area (TPSA) is 62.7 Å². The van der Waals surface area contributed by atoms with Crippen molar-refractivity contribution in [3.05, 3.63) is 71.8 Å². The van der Waals surface area contributed by atoms with E-state index >= 15 is 0 Å². The van der Waals surface area contributed by atoms with E-state index in [0.29, 0.717) is 39.6 Å². The van der Waals surface area contributed by atoms with Gasteiger partial charge in [-0.1, -0.05) is 48.5 Å². The van der Waals surface area contributed by atoms with Crippen LogP contribution < -0.4 is 0 Å². The highest BCUT2D eigenvalue weighted by molar-refractivity contribution is 7.00. The standard InChI is InChI=1S/C37H52N4O4S/c1-40(2,3)18-22-44-26-24-42-20-16-37(17-21-43-25-27-45-23-19-41(4,5)6)33-12-8-7-10-31(33)32-15-14-29(28-34(32)37)30-11-9-13-35-36(30)39-46-38-35/h7-15,28H,16-27H2,1-6H3/q+2. The van der Waals surface area contributed by atoms with Crippen LogP contribution in [0.1, 0.15) is 24.0 Å². The molecule has 1 aromatic heterocycles. The summed E-state index contributed by atoms with van der Waals surface area (Å²) < 4.78 is 35.1. The molecule has 9 heteroatoms. The molecular weight excluding hydrogens is 596 g/mol. The van der Waals surface area contributed by atoms with Crippen LogP contribution in [-0.4, -0.2) is 126 Å². The van der Waals surface area contributed by atoms with E-state index in [0.717, 1.165) is 70.3 Å². The number of quaternary nitrogens is 2. The zero-order valence-corrected chi connectivity index (χ0v) is 29.4. The second-order valence-electron chi connectivity index (χ2n) is 14.3. The van der Waals surface area contributed by atoms with Crippen LogP contribution >= 0.6 is 11.7 Å². The molecule has 0 bridgehead atoms. The molecule has 1 heterocycles. The Balaban J connectivity index is 1.34. The van der Waals surface area contributed by atoms with Gasteiger partial charge >= 0.3 is 0 Å². The monoisotopic (exact) mass is 648 g/mol. The highest BCUT2D eigenvalue weighted by Gasteiger charge is 2.42. The lowest BCUT2D eigenvalue weighted by molar-refractivity contribution is -0.870. The van der Waals surface area contributed by atoms with Crippen molar-refractivity contribution in [1.29, 1.82) is 0 Å². The van der Waals surface area contributed by atoms with Crippen LogP contribution in [0.15, 0.2) is 60.7 Å². The van der Waals surface area contributed by atoms with Gasteiger partial charge < -0.3 is 27.9 Å². The van der Waals surface area contributed by atoms with E-state index < -0.39 is 0 Å². The zero-order valence-electron chi connectivity index (χ0n) is 28.6.